The molecule has 5 heteroatoms. The van der Waals surface area contributed by atoms with Gasteiger partial charge in [0.15, 0.2) is 9.84 Å². The van der Waals surface area contributed by atoms with Crippen molar-refractivity contribution >= 4 is 9.84 Å². The van der Waals surface area contributed by atoms with Crippen molar-refractivity contribution in [2.75, 3.05) is 26.0 Å². The van der Waals surface area contributed by atoms with Gasteiger partial charge in [-0.2, -0.15) is 0 Å². The topological polar surface area (TPSA) is 57.6 Å². The van der Waals surface area contributed by atoms with Crippen LogP contribution in [-0.2, 0) is 9.84 Å². The van der Waals surface area contributed by atoms with Crippen molar-refractivity contribution in [2.45, 2.75) is 17.9 Å². The van der Waals surface area contributed by atoms with E-state index < -0.39 is 9.84 Å². The minimum absolute atomic E-state index is 0.0269. The molecule has 1 atom stereocenters. The number of hydrogen-bond acceptors (Lipinski definition) is 4. The highest BCUT2D eigenvalue weighted by atomic mass is 32.2. The number of rotatable bonds is 6. The van der Waals surface area contributed by atoms with Gasteiger partial charge >= 0.3 is 0 Å². The van der Waals surface area contributed by atoms with Crippen LogP contribution >= 0.6 is 0 Å². The zero-order valence-corrected chi connectivity index (χ0v) is 11.0. The fourth-order valence-electron chi connectivity index (χ4n) is 1.37. The standard InChI is InChI=1S/C12H19NO3S/c1-11(10-14)13(2)8-9-17(15,16)12-6-4-3-5-7-12/h3-7,11,14H,8-10H2,1-2H3. The van der Waals surface area contributed by atoms with Crippen LogP contribution in [0.15, 0.2) is 35.2 Å². The zero-order valence-electron chi connectivity index (χ0n) is 10.2. The van der Waals surface area contributed by atoms with Gasteiger partial charge in [0.2, 0.25) is 0 Å². The second kappa shape index (κ2) is 6.14. The van der Waals surface area contributed by atoms with Crippen LogP contribution in [0.4, 0.5) is 0 Å². The van der Waals surface area contributed by atoms with E-state index >= 15 is 0 Å². The van der Waals surface area contributed by atoms with Gasteiger partial charge in [0, 0.05) is 12.6 Å². The molecule has 96 valence electrons. The highest BCUT2D eigenvalue weighted by Gasteiger charge is 2.16. The summed E-state index contributed by atoms with van der Waals surface area (Å²) in [6, 6.07) is 8.40. The number of likely N-dealkylation sites (N-methyl/N-ethyl adjacent to an activating group) is 1. The lowest BCUT2D eigenvalue weighted by Gasteiger charge is -2.22. The number of sulfone groups is 1. The Bertz CT molecular complexity index is 430. The molecule has 0 aliphatic rings. The van der Waals surface area contributed by atoms with Gasteiger partial charge in [-0.15, -0.1) is 0 Å². The molecule has 0 saturated carbocycles. The molecule has 0 amide bonds. The van der Waals surface area contributed by atoms with Crippen molar-refractivity contribution in [3.05, 3.63) is 30.3 Å². The summed E-state index contributed by atoms with van der Waals surface area (Å²) < 4.78 is 23.9. The number of benzene rings is 1. The van der Waals surface area contributed by atoms with Crippen LogP contribution < -0.4 is 0 Å². The second-order valence-corrected chi connectivity index (χ2v) is 6.25. The van der Waals surface area contributed by atoms with Crippen molar-refractivity contribution in [3.8, 4) is 0 Å². The quantitative estimate of drug-likeness (QED) is 0.818. The van der Waals surface area contributed by atoms with Crippen LogP contribution in [0, 0.1) is 0 Å². The Hall–Kier alpha value is -0.910. The maximum atomic E-state index is 12.0. The van der Waals surface area contributed by atoms with E-state index in [0.717, 1.165) is 0 Å². The predicted octanol–water partition coefficient (Wildman–Crippen LogP) is 0.773. The predicted molar refractivity (Wildman–Crippen MR) is 67.7 cm³/mol. The summed E-state index contributed by atoms with van der Waals surface area (Å²) in [5, 5.41) is 8.96. The SMILES string of the molecule is CC(CO)N(C)CCS(=O)(=O)c1ccccc1. The first kappa shape index (κ1) is 14.2. The maximum absolute atomic E-state index is 12.0. The molecule has 0 spiro atoms. The molecular formula is C12H19NO3S. The molecule has 0 bridgehead atoms. The molecule has 1 aromatic carbocycles. The minimum Gasteiger partial charge on any atom is -0.395 e. The van der Waals surface area contributed by atoms with E-state index in [1.54, 1.807) is 37.4 Å². The molecule has 1 N–H and O–H groups in total. The van der Waals surface area contributed by atoms with Crippen LogP contribution in [-0.4, -0.2) is 50.4 Å². The number of aliphatic hydroxyl groups excluding tert-OH is 1. The minimum atomic E-state index is -3.22. The molecule has 0 aromatic heterocycles. The van der Waals surface area contributed by atoms with Gasteiger partial charge in [-0.3, -0.25) is 0 Å². The Kier molecular flexibility index (Phi) is 5.11. The van der Waals surface area contributed by atoms with E-state index in [9.17, 15) is 8.42 Å². The van der Waals surface area contributed by atoms with Gasteiger partial charge in [0.1, 0.15) is 0 Å². The Morgan fingerprint density at radius 3 is 2.41 bits per heavy atom. The summed E-state index contributed by atoms with van der Waals surface area (Å²) in [5.41, 5.74) is 0. The molecule has 0 aliphatic carbocycles. The van der Waals surface area contributed by atoms with Crippen molar-refractivity contribution in [1.29, 1.82) is 0 Å². The molecule has 0 radical (unpaired) electrons. The van der Waals surface area contributed by atoms with E-state index in [4.69, 9.17) is 5.11 Å². The van der Waals surface area contributed by atoms with Crippen LogP contribution in [0.5, 0.6) is 0 Å². The summed E-state index contributed by atoms with van der Waals surface area (Å²) in [6.45, 7) is 2.30. The van der Waals surface area contributed by atoms with Gasteiger partial charge in [0.25, 0.3) is 0 Å². The van der Waals surface area contributed by atoms with Gasteiger partial charge in [-0.05, 0) is 26.1 Å². The highest BCUT2D eigenvalue weighted by Crippen LogP contribution is 2.10. The van der Waals surface area contributed by atoms with E-state index in [1.807, 2.05) is 11.8 Å². The Morgan fingerprint density at radius 2 is 1.88 bits per heavy atom. The summed E-state index contributed by atoms with van der Waals surface area (Å²) in [7, 11) is -1.41. The van der Waals surface area contributed by atoms with Crippen molar-refractivity contribution in [1.82, 2.24) is 4.90 Å². The molecule has 0 aliphatic heterocycles. The average Bonchev–Trinajstić information content (AvgIpc) is 2.36. The molecular weight excluding hydrogens is 238 g/mol. The van der Waals surface area contributed by atoms with Gasteiger partial charge in [-0.25, -0.2) is 8.42 Å². The largest absolute Gasteiger partial charge is 0.395 e. The highest BCUT2D eigenvalue weighted by molar-refractivity contribution is 7.91. The van der Waals surface area contributed by atoms with E-state index in [0.29, 0.717) is 11.4 Å². The molecule has 17 heavy (non-hydrogen) atoms. The number of hydrogen-bond donors (Lipinski definition) is 1. The molecule has 4 nitrogen and oxygen atoms in total. The lowest BCUT2D eigenvalue weighted by atomic mass is 10.3. The Morgan fingerprint density at radius 1 is 1.29 bits per heavy atom. The first-order chi connectivity index (χ1) is 7.97. The fraction of sp³-hybridized carbons (Fsp3) is 0.500. The molecule has 1 aromatic rings. The first-order valence-electron chi connectivity index (χ1n) is 5.56. The van der Waals surface area contributed by atoms with E-state index in [2.05, 4.69) is 0 Å². The fourth-order valence-corrected chi connectivity index (χ4v) is 2.71. The van der Waals surface area contributed by atoms with Crippen LogP contribution in [0.25, 0.3) is 0 Å². The summed E-state index contributed by atoms with van der Waals surface area (Å²) in [6.07, 6.45) is 0. The second-order valence-electron chi connectivity index (χ2n) is 4.14. The lowest BCUT2D eigenvalue weighted by molar-refractivity contribution is 0.165. The third kappa shape index (κ3) is 4.11. The lowest BCUT2D eigenvalue weighted by Crippen LogP contribution is -2.35. The maximum Gasteiger partial charge on any atom is 0.179 e. The normalized spacial score (nSPS) is 13.9. The monoisotopic (exact) mass is 257 g/mol. The van der Waals surface area contributed by atoms with Crippen molar-refractivity contribution < 1.29 is 13.5 Å². The number of nitrogens with zero attached hydrogens (tertiary/aromatic N) is 1. The van der Waals surface area contributed by atoms with Crippen LogP contribution in [0.2, 0.25) is 0 Å². The van der Waals surface area contributed by atoms with Crippen molar-refractivity contribution in [2.24, 2.45) is 0 Å². The third-order valence-electron chi connectivity index (χ3n) is 2.83. The zero-order chi connectivity index (χ0) is 12.9. The first-order valence-corrected chi connectivity index (χ1v) is 7.21. The molecule has 0 heterocycles. The molecule has 0 fully saturated rings. The molecule has 1 unspecified atom stereocenters. The summed E-state index contributed by atoms with van der Waals surface area (Å²) in [5.74, 6) is 0.0673. The van der Waals surface area contributed by atoms with E-state index in [1.165, 1.54) is 0 Å². The van der Waals surface area contributed by atoms with Crippen LogP contribution in [0.1, 0.15) is 6.92 Å². The number of aliphatic hydroxyl groups is 1. The summed E-state index contributed by atoms with van der Waals surface area (Å²) in [4.78, 5) is 2.19. The van der Waals surface area contributed by atoms with Gasteiger partial charge in [-0.1, -0.05) is 18.2 Å². The van der Waals surface area contributed by atoms with Gasteiger partial charge in [0.05, 0.1) is 17.3 Å². The molecule has 0 saturated heterocycles. The third-order valence-corrected chi connectivity index (χ3v) is 4.54. The van der Waals surface area contributed by atoms with Crippen LogP contribution in [0.3, 0.4) is 0 Å². The average molecular weight is 257 g/mol. The van der Waals surface area contributed by atoms with Gasteiger partial charge < -0.3 is 10.0 Å². The Labute approximate surface area is 103 Å². The smallest absolute Gasteiger partial charge is 0.179 e. The molecule has 1 rings (SSSR count). The summed E-state index contributed by atoms with van der Waals surface area (Å²) >= 11 is 0. The Balaban J connectivity index is 2.63. The van der Waals surface area contributed by atoms with E-state index in [-0.39, 0.29) is 18.4 Å². The van der Waals surface area contributed by atoms with Crippen molar-refractivity contribution in [3.63, 3.8) is 0 Å².